The van der Waals surface area contributed by atoms with Gasteiger partial charge in [0, 0.05) is 17.7 Å². The third kappa shape index (κ3) is 3.49. The minimum absolute atomic E-state index is 0.0803. The first-order chi connectivity index (χ1) is 8.12. The molecule has 1 aromatic carbocycles. The summed E-state index contributed by atoms with van der Waals surface area (Å²) in [4.78, 5) is 0. The molecule has 0 heterocycles. The second-order valence-electron chi connectivity index (χ2n) is 4.02. The summed E-state index contributed by atoms with van der Waals surface area (Å²) < 4.78 is 10.5. The van der Waals surface area contributed by atoms with Gasteiger partial charge in [-0.25, -0.2) is 0 Å². The van der Waals surface area contributed by atoms with E-state index in [-0.39, 0.29) is 6.04 Å². The molecule has 3 heteroatoms. The Hall–Kier alpha value is -1.48. The van der Waals surface area contributed by atoms with Crippen LogP contribution < -0.4 is 15.2 Å². The maximum Gasteiger partial charge on any atom is 0.127 e. The number of rotatable bonds is 6. The zero-order valence-electron chi connectivity index (χ0n) is 10.8. The van der Waals surface area contributed by atoms with Gasteiger partial charge in [0.15, 0.2) is 0 Å². The highest BCUT2D eigenvalue weighted by Crippen LogP contribution is 2.31. The summed E-state index contributed by atoms with van der Waals surface area (Å²) in [5.74, 6) is 1.54. The van der Waals surface area contributed by atoms with Gasteiger partial charge >= 0.3 is 0 Å². The van der Waals surface area contributed by atoms with Crippen molar-refractivity contribution in [2.24, 2.45) is 5.73 Å². The third-order valence-electron chi connectivity index (χ3n) is 2.85. The first kappa shape index (κ1) is 13.6. The van der Waals surface area contributed by atoms with Gasteiger partial charge in [0.2, 0.25) is 0 Å². The number of hydrogen-bond donors (Lipinski definition) is 1. The Labute approximate surface area is 103 Å². The van der Waals surface area contributed by atoms with E-state index in [2.05, 4.69) is 13.5 Å². The number of ether oxygens (including phenoxy) is 2. The molecule has 0 radical (unpaired) electrons. The van der Waals surface area contributed by atoms with Gasteiger partial charge in [-0.3, -0.25) is 0 Å². The Kier molecular flexibility index (Phi) is 5.04. The van der Waals surface area contributed by atoms with Crippen LogP contribution in [0.5, 0.6) is 11.5 Å². The molecule has 1 atom stereocenters. The van der Waals surface area contributed by atoms with Crippen LogP contribution in [0, 0.1) is 0 Å². The van der Waals surface area contributed by atoms with Gasteiger partial charge in [0.1, 0.15) is 11.5 Å². The highest BCUT2D eigenvalue weighted by Gasteiger charge is 2.13. The van der Waals surface area contributed by atoms with Crippen molar-refractivity contribution in [3.8, 4) is 11.5 Å². The molecule has 1 rings (SSSR count). The summed E-state index contributed by atoms with van der Waals surface area (Å²) in [6.45, 7) is 6.07. The second kappa shape index (κ2) is 6.30. The Morgan fingerprint density at radius 1 is 1.35 bits per heavy atom. The molecule has 0 aliphatic heterocycles. The number of benzene rings is 1. The van der Waals surface area contributed by atoms with Gasteiger partial charge in [-0.2, -0.15) is 0 Å². The Morgan fingerprint density at radius 3 is 2.59 bits per heavy atom. The molecule has 0 amide bonds. The van der Waals surface area contributed by atoms with Gasteiger partial charge < -0.3 is 15.2 Å². The van der Waals surface area contributed by atoms with Gasteiger partial charge in [-0.05, 0) is 18.9 Å². The molecule has 0 saturated heterocycles. The normalized spacial score (nSPS) is 12.0. The number of hydrogen-bond acceptors (Lipinski definition) is 3. The van der Waals surface area contributed by atoms with E-state index in [0.29, 0.717) is 0 Å². The van der Waals surface area contributed by atoms with Crippen LogP contribution >= 0.6 is 0 Å². The first-order valence-electron chi connectivity index (χ1n) is 5.76. The lowest BCUT2D eigenvalue weighted by Gasteiger charge is -2.17. The van der Waals surface area contributed by atoms with Crippen molar-refractivity contribution >= 4 is 0 Å². The number of nitrogens with two attached hydrogens (primary N) is 1. The molecule has 94 valence electrons. The van der Waals surface area contributed by atoms with Crippen molar-refractivity contribution in [1.29, 1.82) is 0 Å². The quantitative estimate of drug-likeness (QED) is 0.771. The summed E-state index contributed by atoms with van der Waals surface area (Å²) in [7, 11) is 3.27. The van der Waals surface area contributed by atoms with E-state index in [9.17, 15) is 0 Å². The number of methoxy groups -OCH3 is 2. The zero-order chi connectivity index (χ0) is 12.8. The van der Waals surface area contributed by atoms with E-state index in [1.807, 2.05) is 18.2 Å². The summed E-state index contributed by atoms with van der Waals surface area (Å²) in [5, 5.41) is 0. The van der Waals surface area contributed by atoms with Crippen LogP contribution in [0.15, 0.2) is 30.4 Å². The second-order valence-corrected chi connectivity index (χ2v) is 4.02. The zero-order valence-corrected chi connectivity index (χ0v) is 10.8. The Balaban J connectivity index is 2.92. The van der Waals surface area contributed by atoms with Crippen molar-refractivity contribution in [2.45, 2.75) is 25.8 Å². The van der Waals surface area contributed by atoms with Crippen LogP contribution in [0.1, 0.15) is 31.4 Å². The third-order valence-corrected chi connectivity index (χ3v) is 2.85. The first-order valence-corrected chi connectivity index (χ1v) is 5.76. The average molecular weight is 235 g/mol. The summed E-state index contributed by atoms with van der Waals surface area (Å²) in [6.07, 6.45) is 1.73. The van der Waals surface area contributed by atoms with E-state index < -0.39 is 0 Å². The molecule has 0 aliphatic carbocycles. The fraction of sp³-hybridized carbons (Fsp3) is 0.429. The van der Waals surface area contributed by atoms with E-state index >= 15 is 0 Å². The van der Waals surface area contributed by atoms with Crippen LogP contribution in [0.4, 0.5) is 0 Å². The van der Waals surface area contributed by atoms with Crippen LogP contribution in [-0.2, 0) is 0 Å². The van der Waals surface area contributed by atoms with Crippen LogP contribution in [-0.4, -0.2) is 14.2 Å². The lowest BCUT2D eigenvalue weighted by Crippen LogP contribution is -2.12. The molecule has 1 aromatic rings. The van der Waals surface area contributed by atoms with E-state index in [0.717, 1.165) is 35.5 Å². The van der Waals surface area contributed by atoms with Crippen molar-refractivity contribution < 1.29 is 9.47 Å². The van der Waals surface area contributed by atoms with Crippen LogP contribution in [0.2, 0.25) is 0 Å². The Morgan fingerprint density at radius 2 is 2.06 bits per heavy atom. The maximum atomic E-state index is 6.16. The van der Waals surface area contributed by atoms with E-state index in [1.165, 1.54) is 0 Å². The fourth-order valence-electron chi connectivity index (χ4n) is 1.69. The molecule has 0 aromatic heterocycles. The molecule has 1 unspecified atom stereocenters. The van der Waals surface area contributed by atoms with Crippen molar-refractivity contribution in [1.82, 2.24) is 0 Å². The summed E-state index contributed by atoms with van der Waals surface area (Å²) in [6, 6.07) is 5.62. The van der Waals surface area contributed by atoms with Gasteiger partial charge in [0.05, 0.1) is 14.2 Å². The predicted octanol–water partition coefficient (Wildman–Crippen LogP) is 3.06. The maximum absolute atomic E-state index is 6.16. The molecule has 0 spiro atoms. The molecule has 0 aliphatic rings. The molecule has 2 N–H and O–H groups in total. The molecule has 0 bridgehead atoms. The van der Waals surface area contributed by atoms with Gasteiger partial charge in [0.25, 0.3) is 0 Å². The summed E-state index contributed by atoms with van der Waals surface area (Å²) in [5.41, 5.74) is 8.30. The lowest BCUT2D eigenvalue weighted by molar-refractivity contribution is 0.388. The van der Waals surface area contributed by atoms with E-state index in [1.54, 1.807) is 14.2 Å². The fourth-order valence-corrected chi connectivity index (χ4v) is 1.69. The standard InChI is InChI=1S/C14H21NO2/c1-5-10(2)8-13(15)12-7-6-11(16-3)9-14(12)17-4/h6-7,9,13H,2,5,8,15H2,1,3-4H3. The SMILES string of the molecule is C=C(CC)CC(N)c1ccc(OC)cc1OC. The monoisotopic (exact) mass is 235 g/mol. The topological polar surface area (TPSA) is 44.5 Å². The highest BCUT2D eigenvalue weighted by atomic mass is 16.5. The minimum Gasteiger partial charge on any atom is -0.497 e. The molecular formula is C14H21NO2. The van der Waals surface area contributed by atoms with Gasteiger partial charge in [-0.15, -0.1) is 0 Å². The largest absolute Gasteiger partial charge is 0.497 e. The van der Waals surface area contributed by atoms with Crippen molar-refractivity contribution in [3.05, 3.63) is 35.9 Å². The van der Waals surface area contributed by atoms with Crippen LogP contribution in [0.3, 0.4) is 0 Å². The van der Waals surface area contributed by atoms with Crippen molar-refractivity contribution in [2.75, 3.05) is 14.2 Å². The summed E-state index contributed by atoms with van der Waals surface area (Å²) >= 11 is 0. The lowest BCUT2D eigenvalue weighted by atomic mass is 9.98. The molecule has 17 heavy (non-hydrogen) atoms. The van der Waals surface area contributed by atoms with E-state index in [4.69, 9.17) is 15.2 Å². The highest BCUT2D eigenvalue weighted by molar-refractivity contribution is 5.42. The molecular weight excluding hydrogens is 214 g/mol. The van der Waals surface area contributed by atoms with Crippen LogP contribution in [0.25, 0.3) is 0 Å². The molecule has 0 fully saturated rings. The van der Waals surface area contributed by atoms with Gasteiger partial charge in [-0.1, -0.05) is 25.1 Å². The minimum atomic E-state index is -0.0803. The molecule has 3 nitrogen and oxygen atoms in total. The average Bonchev–Trinajstić information content (AvgIpc) is 2.37. The smallest absolute Gasteiger partial charge is 0.127 e. The Bertz CT molecular complexity index is 388. The van der Waals surface area contributed by atoms with Crippen molar-refractivity contribution in [3.63, 3.8) is 0 Å². The molecule has 0 saturated carbocycles. The predicted molar refractivity (Wildman–Crippen MR) is 70.5 cm³/mol.